The zero-order chi connectivity index (χ0) is 17.3. The zero-order valence-corrected chi connectivity index (χ0v) is 15.2. The quantitative estimate of drug-likeness (QED) is 0.423. The molecule has 0 unspecified atom stereocenters. The molecule has 1 amide bonds. The van der Waals surface area contributed by atoms with Crippen LogP contribution in [0, 0.1) is 0 Å². The van der Waals surface area contributed by atoms with Crippen LogP contribution < -0.4 is 20.9 Å². The van der Waals surface area contributed by atoms with Gasteiger partial charge in [0.05, 0.1) is 6.61 Å². The highest BCUT2D eigenvalue weighted by Crippen LogP contribution is 2.12. The van der Waals surface area contributed by atoms with Gasteiger partial charge in [0, 0.05) is 11.1 Å². The van der Waals surface area contributed by atoms with E-state index in [2.05, 4.69) is 23.1 Å². The van der Waals surface area contributed by atoms with E-state index in [1.807, 2.05) is 20.8 Å². The number of benzene rings is 1. The van der Waals surface area contributed by atoms with Gasteiger partial charge in [0.2, 0.25) is 0 Å². The molecule has 5 nitrogen and oxygen atoms in total. The lowest BCUT2D eigenvalue weighted by Crippen LogP contribution is -2.52. The molecule has 0 radical (unpaired) electrons. The lowest BCUT2D eigenvalue weighted by molar-refractivity contribution is 0.0943. The summed E-state index contributed by atoms with van der Waals surface area (Å²) in [6.07, 6.45) is 3.37. The molecular formula is C17H27N3O2S. The predicted octanol–water partition coefficient (Wildman–Crippen LogP) is 3.16. The summed E-state index contributed by atoms with van der Waals surface area (Å²) in [5, 5.41) is 3.43. The van der Waals surface area contributed by atoms with Gasteiger partial charge in [-0.15, -0.1) is 0 Å². The molecule has 0 saturated heterocycles. The van der Waals surface area contributed by atoms with Crippen molar-refractivity contribution in [3.63, 3.8) is 0 Å². The average molecular weight is 337 g/mol. The lowest BCUT2D eigenvalue weighted by atomic mass is 10.1. The number of unbranched alkanes of at least 4 members (excludes halogenated alkanes) is 2. The number of carbonyl (C=O) groups is 1. The van der Waals surface area contributed by atoms with Crippen molar-refractivity contribution in [2.75, 3.05) is 6.61 Å². The maximum absolute atomic E-state index is 12.0. The van der Waals surface area contributed by atoms with Gasteiger partial charge >= 0.3 is 0 Å². The smallest absolute Gasteiger partial charge is 0.269 e. The Morgan fingerprint density at radius 3 is 2.35 bits per heavy atom. The molecule has 1 rings (SSSR count). The summed E-state index contributed by atoms with van der Waals surface area (Å²) >= 11 is 5.10. The van der Waals surface area contributed by atoms with Crippen molar-refractivity contribution in [1.29, 1.82) is 0 Å². The van der Waals surface area contributed by atoms with Crippen molar-refractivity contribution < 1.29 is 9.53 Å². The monoisotopic (exact) mass is 337 g/mol. The molecular weight excluding hydrogens is 310 g/mol. The summed E-state index contributed by atoms with van der Waals surface area (Å²) < 4.78 is 5.62. The summed E-state index contributed by atoms with van der Waals surface area (Å²) in [4.78, 5) is 12.0. The van der Waals surface area contributed by atoms with Gasteiger partial charge in [0.25, 0.3) is 5.91 Å². The molecule has 23 heavy (non-hydrogen) atoms. The second-order valence-corrected chi connectivity index (χ2v) is 6.77. The van der Waals surface area contributed by atoms with E-state index in [0.29, 0.717) is 17.3 Å². The summed E-state index contributed by atoms with van der Waals surface area (Å²) in [5.41, 5.74) is 5.63. The number of hydrogen-bond donors (Lipinski definition) is 3. The maximum Gasteiger partial charge on any atom is 0.269 e. The Balaban J connectivity index is 2.40. The molecule has 0 atom stereocenters. The molecule has 1 aromatic rings. The Bertz CT molecular complexity index is 510. The Morgan fingerprint density at radius 1 is 1.13 bits per heavy atom. The van der Waals surface area contributed by atoms with Crippen LogP contribution in [0.2, 0.25) is 0 Å². The van der Waals surface area contributed by atoms with Gasteiger partial charge in [-0.3, -0.25) is 15.6 Å². The minimum atomic E-state index is -0.249. The third-order valence-corrected chi connectivity index (χ3v) is 3.12. The van der Waals surface area contributed by atoms with E-state index in [1.54, 1.807) is 24.3 Å². The summed E-state index contributed by atoms with van der Waals surface area (Å²) in [6, 6.07) is 7.05. The first-order valence-electron chi connectivity index (χ1n) is 7.93. The Morgan fingerprint density at radius 2 is 1.78 bits per heavy atom. The third kappa shape index (κ3) is 8.40. The summed E-state index contributed by atoms with van der Waals surface area (Å²) in [7, 11) is 0. The average Bonchev–Trinajstić information content (AvgIpc) is 2.48. The zero-order valence-electron chi connectivity index (χ0n) is 14.4. The number of thiocarbonyl (C=S) groups is 1. The minimum Gasteiger partial charge on any atom is -0.494 e. The van der Waals surface area contributed by atoms with Gasteiger partial charge in [-0.1, -0.05) is 19.8 Å². The number of carbonyl (C=O) groups excluding carboxylic acids is 1. The Kier molecular flexibility index (Phi) is 7.81. The predicted molar refractivity (Wildman–Crippen MR) is 97.6 cm³/mol. The van der Waals surface area contributed by atoms with Crippen LogP contribution in [0.3, 0.4) is 0 Å². The molecule has 0 aromatic heterocycles. The fraction of sp³-hybridized carbons (Fsp3) is 0.529. The third-order valence-electron chi connectivity index (χ3n) is 2.91. The molecule has 0 saturated carbocycles. The molecule has 0 bridgehead atoms. The molecule has 0 aliphatic carbocycles. The van der Waals surface area contributed by atoms with Gasteiger partial charge in [-0.25, -0.2) is 0 Å². The molecule has 0 fully saturated rings. The fourth-order valence-electron chi connectivity index (χ4n) is 1.80. The fourth-order valence-corrected chi connectivity index (χ4v) is 2.16. The number of nitrogens with one attached hydrogen (secondary N) is 3. The van der Waals surface area contributed by atoms with Gasteiger partial charge in [-0.2, -0.15) is 0 Å². The van der Waals surface area contributed by atoms with Crippen LogP contribution in [0.25, 0.3) is 0 Å². The largest absolute Gasteiger partial charge is 0.494 e. The van der Waals surface area contributed by atoms with Crippen LogP contribution in [0.5, 0.6) is 5.75 Å². The first-order valence-corrected chi connectivity index (χ1v) is 8.34. The highest BCUT2D eigenvalue weighted by Gasteiger charge is 2.12. The molecule has 1 aromatic carbocycles. The summed E-state index contributed by atoms with van der Waals surface area (Å²) in [6.45, 7) is 8.82. The second-order valence-electron chi connectivity index (χ2n) is 6.36. The van der Waals surface area contributed by atoms with Crippen LogP contribution in [0.1, 0.15) is 57.3 Å². The molecule has 0 spiro atoms. The van der Waals surface area contributed by atoms with Gasteiger partial charge < -0.3 is 10.1 Å². The van der Waals surface area contributed by atoms with E-state index >= 15 is 0 Å². The van der Waals surface area contributed by atoms with Crippen LogP contribution in [-0.4, -0.2) is 23.2 Å². The number of ether oxygens (including phenoxy) is 1. The molecule has 0 aliphatic rings. The molecule has 128 valence electrons. The highest BCUT2D eigenvalue weighted by molar-refractivity contribution is 7.80. The van der Waals surface area contributed by atoms with Crippen molar-refractivity contribution in [3.8, 4) is 5.75 Å². The van der Waals surface area contributed by atoms with Crippen LogP contribution in [0.4, 0.5) is 0 Å². The van der Waals surface area contributed by atoms with Crippen LogP contribution in [0.15, 0.2) is 24.3 Å². The second kappa shape index (κ2) is 9.35. The van der Waals surface area contributed by atoms with E-state index in [-0.39, 0.29) is 11.4 Å². The van der Waals surface area contributed by atoms with Crippen LogP contribution >= 0.6 is 12.2 Å². The number of hydrazine groups is 1. The van der Waals surface area contributed by atoms with Gasteiger partial charge in [0.1, 0.15) is 5.75 Å². The van der Waals surface area contributed by atoms with E-state index in [4.69, 9.17) is 17.0 Å². The van der Waals surface area contributed by atoms with Gasteiger partial charge in [0.15, 0.2) is 5.11 Å². The van der Waals surface area contributed by atoms with Crippen molar-refractivity contribution in [2.24, 2.45) is 0 Å². The maximum atomic E-state index is 12.0. The van der Waals surface area contributed by atoms with Crippen molar-refractivity contribution in [1.82, 2.24) is 16.2 Å². The first-order chi connectivity index (χ1) is 10.8. The van der Waals surface area contributed by atoms with Crippen LogP contribution in [-0.2, 0) is 0 Å². The highest BCUT2D eigenvalue weighted by atomic mass is 32.1. The van der Waals surface area contributed by atoms with E-state index in [1.165, 1.54) is 6.42 Å². The van der Waals surface area contributed by atoms with Gasteiger partial charge in [-0.05, 0) is 63.7 Å². The minimum absolute atomic E-state index is 0.161. The molecule has 0 aliphatic heterocycles. The number of rotatable bonds is 6. The Hall–Kier alpha value is -1.82. The van der Waals surface area contributed by atoms with E-state index in [9.17, 15) is 4.79 Å². The molecule has 6 heteroatoms. The SMILES string of the molecule is CCCCCOc1ccc(C(=O)NNC(=S)NC(C)(C)C)cc1. The lowest BCUT2D eigenvalue weighted by Gasteiger charge is -2.23. The number of hydrogen-bond acceptors (Lipinski definition) is 3. The molecule has 0 heterocycles. The summed E-state index contributed by atoms with van der Waals surface area (Å²) in [5.74, 6) is 0.524. The van der Waals surface area contributed by atoms with E-state index < -0.39 is 0 Å². The van der Waals surface area contributed by atoms with Crippen molar-refractivity contribution in [2.45, 2.75) is 52.5 Å². The number of amides is 1. The molecule has 3 N–H and O–H groups in total. The first kappa shape index (κ1) is 19.2. The van der Waals surface area contributed by atoms with E-state index in [0.717, 1.165) is 18.6 Å². The topological polar surface area (TPSA) is 62.4 Å². The van der Waals surface area contributed by atoms with Crippen molar-refractivity contribution in [3.05, 3.63) is 29.8 Å². The Labute approximate surface area is 144 Å². The standard InChI is InChI=1S/C17H27N3O2S/c1-5-6-7-12-22-14-10-8-13(9-11-14)15(21)19-20-16(23)18-17(2,3)4/h8-11H,5-7,12H2,1-4H3,(H,19,21)(H2,18,20,23). The normalized spacial score (nSPS) is 10.8. The van der Waals surface area contributed by atoms with Crippen molar-refractivity contribution >= 4 is 23.2 Å².